The Kier molecular flexibility index (Phi) is 7.51. The van der Waals surface area contributed by atoms with Crippen LogP contribution in [0.2, 0.25) is 0 Å². The van der Waals surface area contributed by atoms with E-state index in [0.717, 1.165) is 37.0 Å². The maximum Gasteiger partial charge on any atom is 0.193 e. The zero-order chi connectivity index (χ0) is 18.8. The number of nitrogens with zero attached hydrogens (tertiary/aromatic N) is 5. The molecule has 1 fully saturated rings. The van der Waals surface area contributed by atoms with Crippen LogP contribution >= 0.6 is 24.0 Å². The van der Waals surface area contributed by atoms with Gasteiger partial charge in [-0.25, -0.2) is 8.42 Å². The lowest BCUT2D eigenvalue weighted by Gasteiger charge is -2.39. The summed E-state index contributed by atoms with van der Waals surface area (Å²) >= 11 is 0. The first kappa shape index (κ1) is 22.4. The van der Waals surface area contributed by atoms with E-state index >= 15 is 0 Å². The summed E-state index contributed by atoms with van der Waals surface area (Å²) in [4.78, 5) is 6.37. The van der Waals surface area contributed by atoms with Crippen LogP contribution in [0.15, 0.2) is 4.99 Å². The molecule has 2 aliphatic heterocycles. The molecule has 27 heavy (non-hydrogen) atoms. The summed E-state index contributed by atoms with van der Waals surface area (Å²) in [6.07, 6.45) is 5.42. The van der Waals surface area contributed by atoms with Gasteiger partial charge in [-0.05, 0) is 26.7 Å². The molecule has 0 aromatic carbocycles. The molecule has 0 saturated carbocycles. The van der Waals surface area contributed by atoms with Gasteiger partial charge >= 0.3 is 0 Å². The molecular weight excluding hydrogens is 479 g/mol. The van der Waals surface area contributed by atoms with Gasteiger partial charge in [0.05, 0.1) is 10.5 Å². The Labute approximate surface area is 179 Å². The molecule has 154 valence electrons. The van der Waals surface area contributed by atoms with Gasteiger partial charge in [0.25, 0.3) is 0 Å². The lowest BCUT2D eigenvalue weighted by atomic mass is 10.2. The number of aryl methyl sites for hydroxylation is 1. The van der Waals surface area contributed by atoms with Crippen LogP contribution < -0.4 is 5.32 Å². The molecular formula is C17H31IN6O2S. The van der Waals surface area contributed by atoms with Crippen molar-refractivity contribution in [1.82, 2.24) is 25.0 Å². The third-order valence-electron chi connectivity index (χ3n) is 5.37. The fourth-order valence-corrected chi connectivity index (χ4v) is 5.04. The van der Waals surface area contributed by atoms with Gasteiger partial charge in [0.1, 0.15) is 11.6 Å². The summed E-state index contributed by atoms with van der Waals surface area (Å²) in [5.41, 5.74) is 0. The van der Waals surface area contributed by atoms with Gasteiger partial charge in [0.15, 0.2) is 15.8 Å². The summed E-state index contributed by atoms with van der Waals surface area (Å²) < 4.78 is 25.9. The number of halogens is 1. The minimum absolute atomic E-state index is 0. The minimum atomic E-state index is -3.05. The van der Waals surface area contributed by atoms with Crippen LogP contribution in [-0.4, -0.2) is 71.2 Å². The molecule has 0 bridgehead atoms. The summed E-state index contributed by atoms with van der Waals surface area (Å²) in [7, 11) is -1.31. The molecule has 0 atom stereocenters. The number of aromatic nitrogens is 3. The molecule has 0 radical (unpaired) electrons. The molecule has 8 nitrogen and oxygen atoms in total. The molecule has 2 aliphatic rings. The zero-order valence-corrected chi connectivity index (χ0v) is 19.6. The molecule has 0 spiro atoms. The number of guanidine groups is 1. The van der Waals surface area contributed by atoms with Crippen LogP contribution in [0.3, 0.4) is 0 Å². The number of fused-ring (bicyclic) bond motifs is 1. The van der Waals surface area contributed by atoms with Crippen molar-refractivity contribution in [3.63, 3.8) is 0 Å². The average Bonchev–Trinajstić information content (AvgIpc) is 2.81. The molecule has 3 rings (SSSR count). The van der Waals surface area contributed by atoms with Crippen molar-refractivity contribution in [1.29, 1.82) is 0 Å². The van der Waals surface area contributed by atoms with E-state index in [0.29, 0.717) is 19.6 Å². The first-order valence-corrected chi connectivity index (χ1v) is 11.1. The molecule has 10 heteroatoms. The molecule has 1 N–H and O–H groups in total. The van der Waals surface area contributed by atoms with Crippen LogP contribution in [0.5, 0.6) is 0 Å². The third kappa shape index (κ3) is 4.93. The number of rotatable bonds is 3. The van der Waals surface area contributed by atoms with Crippen LogP contribution in [0.4, 0.5) is 0 Å². The Morgan fingerprint density at radius 2 is 2.00 bits per heavy atom. The fraction of sp³-hybridized carbons (Fsp3) is 0.824. The van der Waals surface area contributed by atoms with Gasteiger partial charge in [-0.1, -0.05) is 6.42 Å². The lowest BCUT2D eigenvalue weighted by molar-refractivity contribution is 0.353. The van der Waals surface area contributed by atoms with Crippen molar-refractivity contribution < 1.29 is 8.42 Å². The highest BCUT2D eigenvalue weighted by Crippen LogP contribution is 2.23. The van der Waals surface area contributed by atoms with Gasteiger partial charge in [-0.3, -0.25) is 4.99 Å². The Bertz CT molecular complexity index is 774. The van der Waals surface area contributed by atoms with Crippen molar-refractivity contribution in [3.8, 4) is 0 Å². The second kappa shape index (κ2) is 9.06. The zero-order valence-electron chi connectivity index (χ0n) is 16.4. The molecule has 1 aromatic heterocycles. The SMILES string of the molecule is CN=C(NCCc1nnc2n1CCCCC2)N1CCS(=O)(=O)C(C)(C)C1.I. The van der Waals surface area contributed by atoms with Gasteiger partial charge in [-0.2, -0.15) is 0 Å². The van der Waals surface area contributed by atoms with Crippen molar-refractivity contribution in [2.45, 2.75) is 57.2 Å². The number of aliphatic imine (C=N–C) groups is 1. The summed E-state index contributed by atoms with van der Waals surface area (Å²) in [5, 5.41) is 12.1. The standard InChI is InChI=1S/C17H30N6O2S.HI/c1-17(2)13-22(11-12-26(17,24)25)16(18-3)19-9-8-15-21-20-14-7-5-4-6-10-23(14)15;/h4-13H2,1-3H3,(H,18,19);1H. The monoisotopic (exact) mass is 510 g/mol. The maximum atomic E-state index is 12.2. The van der Waals surface area contributed by atoms with E-state index in [4.69, 9.17) is 0 Å². The quantitative estimate of drug-likeness (QED) is 0.374. The normalized spacial score (nSPS) is 21.7. The van der Waals surface area contributed by atoms with Crippen molar-refractivity contribution >= 4 is 39.8 Å². The van der Waals surface area contributed by atoms with Crippen molar-refractivity contribution in [3.05, 3.63) is 11.6 Å². The molecule has 1 saturated heterocycles. The van der Waals surface area contributed by atoms with E-state index in [1.165, 1.54) is 19.3 Å². The molecule has 0 amide bonds. The van der Waals surface area contributed by atoms with E-state index in [2.05, 4.69) is 25.1 Å². The third-order valence-corrected chi connectivity index (χ3v) is 7.91. The summed E-state index contributed by atoms with van der Waals surface area (Å²) in [5.74, 6) is 3.04. The molecule has 0 aliphatic carbocycles. The van der Waals surface area contributed by atoms with Gasteiger partial charge in [0, 0.05) is 46.1 Å². The van der Waals surface area contributed by atoms with E-state index in [1.54, 1.807) is 20.9 Å². The van der Waals surface area contributed by atoms with Crippen LogP contribution in [0.25, 0.3) is 0 Å². The van der Waals surface area contributed by atoms with Crippen LogP contribution in [0.1, 0.15) is 44.8 Å². The van der Waals surface area contributed by atoms with E-state index in [1.807, 2.05) is 4.90 Å². The Hall–Kier alpha value is -0.910. The molecule has 3 heterocycles. The van der Waals surface area contributed by atoms with Crippen LogP contribution in [0, 0.1) is 0 Å². The number of hydrogen-bond acceptors (Lipinski definition) is 5. The topological polar surface area (TPSA) is 92.5 Å². The van der Waals surface area contributed by atoms with Gasteiger partial charge in [-0.15, -0.1) is 34.2 Å². The first-order chi connectivity index (χ1) is 12.3. The minimum Gasteiger partial charge on any atom is -0.356 e. The number of hydrogen-bond donors (Lipinski definition) is 1. The van der Waals surface area contributed by atoms with E-state index < -0.39 is 14.6 Å². The van der Waals surface area contributed by atoms with Crippen LogP contribution in [-0.2, 0) is 29.2 Å². The first-order valence-electron chi connectivity index (χ1n) is 9.43. The number of nitrogens with one attached hydrogen (secondary N) is 1. The highest BCUT2D eigenvalue weighted by Gasteiger charge is 2.40. The molecule has 0 unspecified atom stereocenters. The summed E-state index contributed by atoms with van der Waals surface area (Å²) in [6.45, 7) is 6.21. The maximum absolute atomic E-state index is 12.2. The lowest BCUT2D eigenvalue weighted by Crippen LogP contribution is -2.57. The Balaban J connectivity index is 0.00000261. The van der Waals surface area contributed by atoms with Gasteiger partial charge in [0.2, 0.25) is 0 Å². The highest BCUT2D eigenvalue weighted by molar-refractivity contribution is 14.0. The Morgan fingerprint density at radius 3 is 2.70 bits per heavy atom. The predicted molar refractivity (Wildman–Crippen MR) is 117 cm³/mol. The second-order valence-electron chi connectivity index (χ2n) is 7.72. The van der Waals surface area contributed by atoms with E-state index in [9.17, 15) is 8.42 Å². The van der Waals surface area contributed by atoms with Crippen molar-refractivity contribution in [2.75, 3.05) is 32.4 Å². The highest BCUT2D eigenvalue weighted by atomic mass is 127. The average molecular weight is 510 g/mol. The molecule has 1 aromatic rings. The summed E-state index contributed by atoms with van der Waals surface area (Å²) in [6, 6.07) is 0. The second-order valence-corrected chi connectivity index (χ2v) is 10.5. The van der Waals surface area contributed by atoms with E-state index in [-0.39, 0.29) is 29.7 Å². The largest absolute Gasteiger partial charge is 0.356 e. The van der Waals surface area contributed by atoms with Crippen molar-refractivity contribution in [2.24, 2.45) is 4.99 Å². The van der Waals surface area contributed by atoms with Gasteiger partial charge < -0.3 is 14.8 Å². The Morgan fingerprint density at radius 1 is 1.22 bits per heavy atom. The predicted octanol–water partition coefficient (Wildman–Crippen LogP) is 1.25. The smallest absolute Gasteiger partial charge is 0.193 e. The fourth-order valence-electron chi connectivity index (χ4n) is 3.67. The number of sulfone groups is 1.